The number of rotatable bonds is 4. The van der Waals surface area contributed by atoms with E-state index in [0.29, 0.717) is 11.3 Å². The Morgan fingerprint density at radius 3 is 2.04 bits per heavy atom. The molecule has 128 valence electrons. The van der Waals surface area contributed by atoms with Gasteiger partial charge in [0.1, 0.15) is 16.4 Å². The Morgan fingerprint density at radius 2 is 1.54 bits per heavy atom. The zero-order valence-electron chi connectivity index (χ0n) is 13.5. The molecule has 0 fully saturated rings. The van der Waals surface area contributed by atoms with E-state index >= 15 is 0 Å². The quantitative estimate of drug-likeness (QED) is 0.815. The van der Waals surface area contributed by atoms with Gasteiger partial charge in [0.15, 0.2) is 0 Å². The van der Waals surface area contributed by atoms with Crippen molar-refractivity contribution in [3.63, 3.8) is 0 Å². The molecular formula is C17H18F2N2O2S. The van der Waals surface area contributed by atoms with Crippen LogP contribution >= 0.6 is 0 Å². The second-order valence-electron chi connectivity index (χ2n) is 6.17. The van der Waals surface area contributed by atoms with E-state index in [-0.39, 0.29) is 5.69 Å². The predicted octanol–water partition coefficient (Wildman–Crippen LogP) is 4.09. The van der Waals surface area contributed by atoms with Crippen LogP contribution < -0.4 is 10.0 Å². The van der Waals surface area contributed by atoms with Crippen molar-refractivity contribution >= 4 is 28.6 Å². The van der Waals surface area contributed by atoms with E-state index in [4.69, 9.17) is 0 Å². The summed E-state index contributed by atoms with van der Waals surface area (Å²) in [6.45, 7) is 5.53. The number of carbonyl (C=O) groups excluding carboxylic acids is 1. The summed E-state index contributed by atoms with van der Waals surface area (Å²) < 4.78 is 40.7. The highest BCUT2D eigenvalue weighted by Gasteiger charge is 2.26. The standard InChI is InChI=1S/C17H18F2N2O2S/c1-17(2,3)24(23)21-14-6-4-11(5-7-14)16(22)20-15-9-12(18)8-13(19)10-15/h4-10,21H,1-3H3,(H,20,22). The van der Waals surface area contributed by atoms with Crippen molar-refractivity contribution in [3.05, 3.63) is 59.7 Å². The molecular weight excluding hydrogens is 334 g/mol. The molecule has 0 aromatic heterocycles. The first-order valence-corrected chi connectivity index (χ1v) is 8.36. The van der Waals surface area contributed by atoms with Gasteiger partial charge in [-0.1, -0.05) is 0 Å². The fourth-order valence-electron chi connectivity index (χ4n) is 1.78. The maximum Gasteiger partial charge on any atom is 0.255 e. The van der Waals surface area contributed by atoms with Gasteiger partial charge in [-0.25, -0.2) is 13.5 Å². The molecule has 1 amide bonds. The summed E-state index contributed by atoms with van der Waals surface area (Å²) in [6.07, 6.45) is 0. The van der Waals surface area contributed by atoms with Crippen molar-refractivity contribution in [1.29, 1.82) is 0 Å². The number of carbonyl (C=O) groups is 1. The summed E-state index contributed by atoms with van der Waals surface area (Å²) >= 11 is -1.28. The van der Waals surface area contributed by atoms with Crippen LogP contribution in [0.5, 0.6) is 0 Å². The lowest BCUT2D eigenvalue weighted by molar-refractivity contribution is 0.102. The van der Waals surface area contributed by atoms with Gasteiger partial charge in [0.2, 0.25) is 0 Å². The maximum atomic E-state index is 13.1. The summed E-state index contributed by atoms with van der Waals surface area (Å²) in [5.74, 6) is -2.03. The molecule has 1 unspecified atom stereocenters. The Kier molecular flexibility index (Phi) is 5.46. The average molecular weight is 352 g/mol. The molecule has 2 rings (SSSR count). The Hall–Kier alpha value is -2.12. The number of hydrogen-bond donors (Lipinski definition) is 2. The smallest absolute Gasteiger partial charge is 0.255 e. The van der Waals surface area contributed by atoms with Crippen molar-refractivity contribution in [2.24, 2.45) is 0 Å². The molecule has 0 radical (unpaired) electrons. The molecule has 0 aliphatic carbocycles. The fraction of sp³-hybridized carbons (Fsp3) is 0.235. The minimum atomic E-state index is -1.28. The lowest BCUT2D eigenvalue weighted by Gasteiger charge is -2.23. The predicted molar refractivity (Wildman–Crippen MR) is 92.3 cm³/mol. The molecule has 0 bridgehead atoms. The number of amides is 1. The van der Waals surface area contributed by atoms with Crippen molar-refractivity contribution in [1.82, 2.24) is 0 Å². The van der Waals surface area contributed by atoms with E-state index in [2.05, 4.69) is 10.0 Å². The second kappa shape index (κ2) is 7.19. The lowest BCUT2D eigenvalue weighted by atomic mass is 10.2. The minimum Gasteiger partial charge on any atom is -0.593 e. The van der Waals surface area contributed by atoms with Gasteiger partial charge in [-0.15, -0.1) is 0 Å². The summed E-state index contributed by atoms with van der Waals surface area (Å²) in [4.78, 5) is 12.1. The highest BCUT2D eigenvalue weighted by molar-refractivity contribution is 7.94. The van der Waals surface area contributed by atoms with Crippen LogP contribution in [0, 0.1) is 11.6 Å². The SMILES string of the molecule is CC(C)(C)[S+]([O-])Nc1ccc(C(=O)Nc2cc(F)cc(F)c2)cc1. The first-order valence-electron chi connectivity index (χ1n) is 7.21. The summed E-state index contributed by atoms with van der Waals surface area (Å²) in [5, 5.41) is 2.43. The fourth-order valence-corrected chi connectivity index (χ4v) is 2.44. The topological polar surface area (TPSA) is 64.2 Å². The molecule has 2 aromatic rings. The Bertz CT molecular complexity index is 710. The van der Waals surface area contributed by atoms with Crippen LogP contribution in [0.2, 0.25) is 0 Å². The molecule has 0 saturated carbocycles. The van der Waals surface area contributed by atoms with Crippen molar-refractivity contribution < 1.29 is 18.1 Å². The molecule has 4 nitrogen and oxygen atoms in total. The van der Waals surface area contributed by atoms with Gasteiger partial charge in [0.25, 0.3) is 5.91 Å². The van der Waals surface area contributed by atoms with Gasteiger partial charge in [0.05, 0.1) is 17.0 Å². The molecule has 0 heterocycles. The number of anilines is 2. The highest BCUT2D eigenvalue weighted by atomic mass is 32.2. The van der Waals surface area contributed by atoms with E-state index in [0.717, 1.165) is 18.2 Å². The van der Waals surface area contributed by atoms with Crippen LogP contribution in [-0.4, -0.2) is 15.2 Å². The van der Waals surface area contributed by atoms with Crippen LogP contribution in [0.4, 0.5) is 20.2 Å². The van der Waals surface area contributed by atoms with Crippen LogP contribution in [0.25, 0.3) is 0 Å². The lowest BCUT2D eigenvalue weighted by Crippen LogP contribution is -2.33. The molecule has 0 spiro atoms. The van der Waals surface area contributed by atoms with Gasteiger partial charge < -0.3 is 9.87 Å². The first kappa shape index (κ1) is 18.2. The first-order chi connectivity index (χ1) is 11.1. The molecule has 7 heteroatoms. The molecule has 0 aliphatic heterocycles. The third-order valence-electron chi connectivity index (χ3n) is 3.03. The third-order valence-corrected chi connectivity index (χ3v) is 4.57. The number of hydrogen-bond acceptors (Lipinski definition) is 3. The van der Waals surface area contributed by atoms with Crippen LogP contribution in [0.15, 0.2) is 42.5 Å². The van der Waals surface area contributed by atoms with Crippen LogP contribution in [0.3, 0.4) is 0 Å². The molecule has 2 aromatic carbocycles. The van der Waals surface area contributed by atoms with Gasteiger partial charge in [-0.05, 0) is 57.2 Å². The van der Waals surface area contributed by atoms with Gasteiger partial charge >= 0.3 is 0 Å². The third kappa shape index (κ3) is 4.94. The van der Waals surface area contributed by atoms with Crippen LogP contribution in [0.1, 0.15) is 31.1 Å². The Balaban J connectivity index is 2.06. The van der Waals surface area contributed by atoms with E-state index in [1.165, 1.54) is 12.1 Å². The minimum absolute atomic E-state index is 0.0357. The van der Waals surface area contributed by atoms with Crippen molar-refractivity contribution in [2.75, 3.05) is 10.0 Å². The highest BCUT2D eigenvalue weighted by Crippen LogP contribution is 2.20. The Morgan fingerprint density at radius 1 is 1.00 bits per heavy atom. The number of nitrogens with one attached hydrogen (secondary N) is 2. The van der Waals surface area contributed by atoms with E-state index in [1.807, 2.05) is 20.8 Å². The molecule has 0 saturated heterocycles. The van der Waals surface area contributed by atoms with E-state index < -0.39 is 33.7 Å². The van der Waals surface area contributed by atoms with Crippen LogP contribution in [-0.2, 0) is 11.4 Å². The molecule has 2 N–H and O–H groups in total. The van der Waals surface area contributed by atoms with E-state index in [1.54, 1.807) is 12.1 Å². The Labute approximate surface area is 142 Å². The largest absolute Gasteiger partial charge is 0.593 e. The zero-order valence-corrected chi connectivity index (χ0v) is 14.3. The summed E-state index contributed by atoms with van der Waals surface area (Å²) in [5.41, 5.74) is 0.955. The molecule has 0 aliphatic rings. The average Bonchev–Trinajstić information content (AvgIpc) is 2.45. The maximum absolute atomic E-state index is 13.1. The monoisotopic (exact) mass is 352 g/mol. The number of halogens is 2. The summed E-state index contributed by atoms with van der Waals surface area (Å²) in [7, 11) is 0. The summed E-state index contributed by atoms with van der Waals surface area (Å²) in [6, 6.07) is 9.09. The van der Waals surface area contributed by atoms with Gasteiger partial charge in [-0.2, -0.15) is 0 Å². The normalized spacial score (nSPS) is 12.6. The van der Waals surface area contributed by atoms with Gasteiger partial charge in [-0.3, -0.25) is 4.79 Å². The van der Waals surface area contributed by atoms with E-state index in [9.17, 15) is 18.1 Å². The van der Waals surface area contributed by atoms with Crippen molar-refractivity contribution in [2.45, 2.75) is 25.5 Å². The second-order valence-corrected chi connectivity index (χ2v) is 8.14. The van der Waals surface area contributed by atoms with Gasteiger partial charge in [0, 0.05) is 17.3 Å². The number of benzene rings is 2. The zero-order chi connectivity index (χ0) is 17.9. The molecule has 24 heavy (non-hydrogen) atoms. The van der Waals surface area contributed by atoms with Crippen molar-refractivity contribution in [3.8, 4) is 0 Å². The molecule has 1 atom stereocenters.